The number of halogens is 1. The molecule has 0 fully saturated rings. The lowest BCUT2D eigenvalue weighted by Crippen LogP contribution is -2.40. The van der Waals surface area contributed by atoms with Crippen molar-refractivity contribution in [3.8, 4) is 23.1 Å². The van der Waals surface area contributed by atoms with Crippen LogP contribution in [0.1, 0.15) is 12.5 Å². The highest BCUT2D eigenvalue weighted by molar-refractivity contribution is 7.14. The molecule has 146 valence electrons. The summed E-state index contributed by atoms with van der Waals surface area (Å²) in [5.74, 6) is 0.288. The summed E-state index contributed by atoms with van der Waals surface area (Å²) in [5, 5.41) is 12.0. The van der Waals surface area contributed by atoms with E-state index in [9.17, 15) is 4.79 Å². The maximum Gasteiger partial charge on any atom is 0.269 e. The van der Waals surface area contributed by atoms with Crippen LogP contribution in [0.15, 0.2) is 66.6 Å². The molecule has 1 amide bonds. The molecule has 7 heteroatoms. The minimum absolute atomic E-state index is 0.230. The van der Waals surface area contributed by atoms with E-state index < -0.39 is 6.10 Å². The smallest absolute Gasteiger partial charge is 0.269 e. The van der Waals surface area contributed by atoms with Gasteiger partial charge in [0, 0.05) is 22.5 Å². The molecule has 3 aromatic rings. The molecule has 1 unspecified atom stereocenters. The van der Waals surface area contributed by atoms with Gasteiger partial charge in [-0.1, -0.05) is 29.8 Å². The van der Waals surface area contributed by atoms with E-state index in [0.717, 1.165) is 11.3 Å². The molecule has 0 N–H and O–H groups in total. The van der Waals surface area contributed by atoms with Crippen molar-refractivity contribution in [3.63, 3.8) is 0 Å². The summed E-state index contributed by atoms with van der Waals surface area (Å²) in [6.07, 6.45) is 0.918. The highest BCUT2D eigenvalue weighted by Crippen LogP contribution is 2.29. The molecule has 5 nitrogen and oxygen atoms in total. The minimum Gasteiger partial charge on any atom is -0.481 e. The van der Waals surface area contributed by atoms with Crippen molar-refractivity contribution in [1.82, 2.24) is 4.98 Å². The Kier molecular flexibility index (Phi) is 6.65. The van der Waals surface area contributed by atoms with E-state index >= 15 is 0 Å². The van der Waals surface area contributed by atoms with E-state index in [-0.39, 0.29) is 5.91 Å². The molecule has 2 aromatic carbocycles. The van der Waals surface area contributed by atoms with Crippen LogP contribution < -0.4 is 9.64 Å². The molecule has 1 heterocycles. The number of rotatable bonds is 7. The van der Waals surface area contributed by atoms with Gasteiger partial charge in [0.15, 0.2) is 11.2 Å². The predicted molar refractivity (Wildman–Crippen MR) is 116 cm³/mol. The van der Waals surface area contributed by atoms with Crippen LogP contribution in [0.2, 0.25) is 5.02 Å². The molecule has 29 heavy (non-hydrogen) atoms. The lowest BCUT2D eigenvalue weighted by Gasteiger charge is -2.22. The average Bonchev–Trinajstić information content (AvgIpc) is 3.22. The topological polar surface area (TPSA) is 66.2 Å². The molecule has 0 saturated heterocycles. The van der Waals surface area contributed by atoms with E-state index in [1.165, 1.54) is 11.3 Å². The van der Waals surface area contributed by atoms with E-state index in [0.29, 0.717) is 28.0 Å². The Bertz CT molecular complexity index is 1040. The Morgan fingerprint density at radius 2 is 2.00 bits per heavy atom. The number of hydrogen-bond acceptors (Lipinski definition) is 5. The van der Waals surface area contributed by atoms with Crippen molar-refractivity contribution in [1.29, 1.82) is 5.26 Å². The van der Waals surface area contributed by atoms with Crippen LogP contribution in [-0.2, 0) is 4.79 Å². The number of carbonyl (C=O) groups excluding carboxylic acids is 1. The second-order valence-electron chi connectivity index (χ2n) is 6.16. The van der Waals surface area contributed by atoms with E-state index in [2.05, 4.69) is 11.6 Å². The van der Waals surface area contributed by atoms with Crippen LogP contribution in [0.4, 0.5) is 5.13 Å². The number of ether oxygens (including phenoxy) is 1. The first-order chi connectivity index (χ1) is 14.0. The van der Waals surface area contributed by atoms with Crippen molar-refractivity contribution in [3.05, 3.63) is 77.2 Å². The summed E-state index contributed by atoms with van der Waals surface area (Å²) in [6, 6.07) is 16.1. The quantitative estimate of drug-likeness (QED) is 0.482. The monoisotopic (exact) mass is 423 g/mol. The van der Waals surface area contributed by atoms with Gasteiger partial charge in [0.05, 0.1) is 17.3 Å². The van der Waals surface area contributed by atoms with E-state index in [1.807, 2.05) is 23.6 Å². The van der Waals surface area contributed by atoms with Gasteiger partial charge in [-0.05, 0) is 43.3 Å². The third-order valence-corrected chi connectivity index (χ3v) is 5.20. The van der Waals surface area contributed by atoms with Gasteiger partial charge in [0.1, 0.15) is 5.75 Å². The second-order valence-corrected chi connectivity index (χ2v) is 7.43. The number of nitriles is 1. The summed E-state index contributed by atoms with van der Waals surface area (Å²) in [4.78, 5) is 19.2. The Balaban J connectivity index is 1.77. The summed E-state index contributed by atoms with van der Waals surface area (Å²) in [6.45, 7) is 5.74. The molecule has 0 radical (unpaired) electrons. The normalized spacial score (nSPS) is 11.3. The van der Waals surface area contributed by atoms with Crippen LogP contribution in [-0.4, -0.2) is 23.5 Å². The molecule has 0 bridgehead atoms. The number of aromatic nitrogens is 1. The van der Waals surface area contributed by atoms with Gasteiger partial charge >= 0.3 is 0 Å². The minimum atomic E-state index is -0.731. The van der Waals surface area contributed by atoms with Gasteiger partial charge in [0.2, 0.25) is 0 Å². The predicted octanol–water partition coefficient (Wildman–Crippen LogP) is 5.32. The largest absolute Gasteiger partial charge is 0.481 e. The fourth-order valence-corrected chi connectivity index (χ4v) is 3.59. The zero-order chi connectivity index (χ0) is 20.8. The van der Waals surface area contributed by atoms with E-state index in [1.54, 1.807) is 54.3 Å². The SMILES string of the molecule is C=CCN(C(=O)C(C)Oc1ccc(C#N)cc1)c1nc(-c2ccc(Cl)cc2)cs1. The first kappa shape index (κ1) is 20.6. The Morgan fingerprint density at radius 1 is 1.31 bits per heavy atom. The van der Waals surface area contributed by atoms with Crippen LogP contribution in [0, 0.1) is 11.3 Å². The molecule has 1 aromatic heterocycles. The number of amides is 1. The van der Waals surface area contributed by atoms with E-state index in [4.69, 9.17) is 21.6 Å². The summed E-state index contributed by atoms with van der Waals surface area (Å²) >= 11 is 7.32. The van der Waals surface area contributed by atoms with Crippen molar-refractivity contribution >= 4 is 34.0 Å². The number of hydrogen-bond donors (Lipinski definition) is 0. The molecule has 1 atom stereocenters. The Morgan fingerprint density at radius 3 is 2.62 bits per heavy atom. The molecule has 0 spiro atoms. The molecule has 0 saturated carbocycles. The van der Waals surface area contributed by atoms with Gasteiger partial charge < -0.3 is 4.74 Å². The summed E-state index contributed by atoms with van der Waals surface area (Å²) in [5.41, 5.74) is 2.22. The third-order valence-electron chi connectivity index (χ3n) is 4.08. The maximum absolute atomic E-state index is 13.0. The molecule has 0 aliphatic rings. The van der Waals surface area contributed by atoms with Gasteiger partial charge in [-0.3, -0.25) is 9.69 Å². The lowest BCUT2D eigenvalue weighted by atomic mass is 10.2. The molecule has 0 aliphatic carbocycles. The van der Waals surface area contributed by atoms with Crippen LogP contribution in [0.5, 0.6) is 5.75 Å². The van der Waals surface area contributed by atoms with Gasteiger partial charge in [-0.25, -0.2) is 4.98 Å². The van der Waals surface area contributed by atoms with Gasteiger partial charge in [-0.2, -0.15) is 5.26 Å². The second kappa shape index (κ2) is 9.37. The lowest BCUT2D eigenvalue weighted by molar-refractivity contribution is -0.124. The zero-order valence-electron chi connectivity index (χ0n) is 15.7. The molecule has 3 rings (SSSR count). The number of thiazole rings is 1. The highest BCUT2D eigenvalue weighted by Gasteiger charge is 2.25. The zero-order valence-corrected chi connectivity index (χ0v) is 17.3. The third kappa shape index (κ3) is 5.02. The van der Waals surface area contributed by atoms with Crippen molar-refractivity contribution in [2.24, 2.45) is 0 Å². The Labute approximate surface area is 178 Å². The highest BCUT2D eigenvalue weighted by atomic mass is 35.5. The standard InChI is InChI=1S/C22H18ClN3O2S/c1-3-12-26(21(27)15(2)28-19-10-4-16(13-24)5-11-19)22-25-20(14-29-22)17-6-8-18(23)9-7-17/h3-11,14-15H,1,12H2,2H3. The number of nitrogens with zero attached hydrogens (tertiary/aromatic N) is 3. The number of benzene rings is 2. The summed E-state index contributed by atoms with van der Waals surface area (Å²) < 4.78 is 5.76. The van der Waals surface area contributed by atoms with Gasteiger partial charge in [0.25, 0.3) is 5.91 Å². The molecular formula is C22H18ClN3O2S. The fourth-order valence-electron chi connectivity index (χ4n) is 2.61. The Hall–Kier alpha value is -3.14. The molecule has 0 aliphatic heterocycles. The van der Waals surface area contributed by atoms with Crippen LogP contribution in [0.25, 0.3) is 11.3 Å². The van der Waals surface area contributed by atoms with Crippen molar-refractivity contribution < 1.29 is 9.53 Å². The maximum atomic E-state index is 13.0. The fraction of sp³-hybridized carbons (Fsp3) is 0.136. The first-order valence-electron chi connectivity index (χ1n) is 8.82. The van der Waals surface area contributed by atoms with Gasteiger partial charge in [-0.15, -0.1) is 17.9 Å². The van der Waals surface area contributed by atoms with Crippen LogP contribution >= 0.6 is 22.9 Å². The number of anilines is 1. The summed E-state index contributed by atoms with van der Waals surface area (Å²) in [7, 11) is 0. The average molecular weight is 424 g/mol. The van der Waals surface area contributed by atoms with Crippen molar-refractivity contribution in [2.45, 2.75) is 13.0 Å². The number of carbonyl (C=O) groups is 1. The van der Waals surface area contributed by atoms with Crippen LogP contribution in [0.3, 0.4) is 0 Å². The first-order valence-corrected chi connectivity index (χ1v) is 10.1. The molecular weight excluding hydrogens is 406 g/mol. The van der Waals surface area contributed by atoms with Crippen molar-refractivity contribution in [2.75, 3.05) is 11.4 Å².